The lowest BCUT2D eigenvalue weighted by Gasteiger charge is -2.13. The Kier molecular flexibility index (Phi) is 6.40. The molecule has 1 aromatic heterocycles. The summed E-state index contributed by atoms with van der Waals surface area (Å²) < 4.78 is 27.3. The standard InChI is InChI=1S/C16H17Cl2N3O3S/c1-10(2)9-20-25(23,24)15-7-12(13(17)8-14(15)18)16(22)21-11-3-5-19-6-4-11/h3-8,10,20H,9H2,1-2H3,(H,19,21,22). The lowest BCUT2D eigenvalue weighted by Crippen LogP contribution is -2.28. The van der Waals surface area contributed by atoms with Gasteiger partial charge in [-0.3, -0.25) is 9.78 Å². The van der Waals surface area contributed by atoms with E-state index < -0.39 is 15.9 Å². The van der Waals surface area contributed by atoms with Crippen LogP contribution in [-0.2, 0) is 10.0 Å². The molecule has 0 unspecified atom stereocenters. The second-order valence-electron chi connectivity index (χ2n) is 5.70. The molecule has 0 aliphatic carbocycles. The number of hydrogen-bond acceptors (Lipinski definition) is 4. The van der Waals surface area contributed by atoms with Crippen LogP contribution in [-0.4, -0.2) is 25.9 Å². The molecule has 6 nitrogen and oxygen atoms in total. The predicted molar refractivity (Wildman–Crippen MR) is 98.7 cm³/mol. The molecule has 2 aromatic rings. The SMILES string of the molecule is CC(C)CNS(=O)(=O)c1cc(C(=O)Nc2ccncc2)c(Cl)cc1Cl. The number of anilines is 1. The molecular formula is C16H17Cl2N3O3S. The maximum atomic E-state index is 12.4. The molecule has 1 amide bonds. The quantitative estimate of drug-likeness (QED) is 0.773. The third-order valence-electron chi connectivity index (χ3n) is 3.18. The van der Waals surface area contributed by atoms with Crippen molar-refractivity contribution in [3.63, 3.8) is 0 Å². The van der Waals surface area contributed by atoms with Gasteiger partial charge in [-0.2, -0.15) is 0 Å². The number of halogens is 2. The summed E-state index contributed by atoms with van der Waals surface area (Å²) in [6, 6.07) is 5.62. The van der Waals surface area contributed by atoms with E-state index >= 15 is 0 Å². The van der Waals surface area contributed by atoms with E-state index in [4.69, 9.17) is 23.2 Å². The van der Waals surface area contributed by atoms with Gasteiger partial charge in [-0.05, 0) is 30.2 Å². The first-order valence-electron chi connectivity index (χ1n) is 7.41. The molecule has 1 heterocycles. The first-order valence-corrected chi connectivity index (χ1v) is 9.64. The lowest BCUT2D eigenvalue weighted by molar-refractivity contribution is 0.102. The zero-order chi connectivity index (χ0) is 18.6. The van der Waals surface area contributed by atoms with Gasteiger partial charge in [0.2, 0.25) is 10.0 Å². The summed E-state index contributed by atoms with van der Waals surface area (Å²) >= 11 is 12.1. The first-order chi connectivity index (χ1) is 11.7. The van der Waals surface area contributed by atoms with Gasteiger partial charge >= 0.3 is 0 Å². The van der Waals surface area contributed by atoms with Crippen LogP contribution in [0.1, 0.15) is 24.2 Å². The molecule has 2 N–H and O–H groups in total. The highest BCUT2D eigenvalue weighted by molar-refractivity contribution is 7.89. The van der Waals surface area contributed by atoms with Crippen LogP contribution in [0.25, 0.3) is 0 Å². The Labute approximate surface area is 156 Å². The van der Waals surface area contributed by atoms with Crippen LogP contribution in [0, 0.1) is 5.92 Å². The van der Waals surface area contributed by atoms with Crippen molar-refractivity contribution in [2.45, 2.75) is 18.7 Å². The van der Waals surface area contributed by atoms with Gasteiger partial charge in [0.25, 0.3) is 5.91 Å². The predicted octanol–water partition coefficient (Wildman–Crippen LogP) is 3.58. The van der Waals surface area contributed by atoms with Gasteiger partial charge in [-0.15, -0.1) is 0 Å². The number of benzene rings is 1. The monoisotopic (exact) mass is 401 g/mol. The zero-order valence-corrected chi connectivity index (χ0v) is 15.9. The summed E-state index contributed by atoms with van der Waals surface area (Å²) in [7, 11) is -3.86. The molecule has 0 fully saturated rings. The number of carbonyl (C=O) groups excluding carboxylic acids is 1. The fraction of sp³-hybridized carbons (Fsp3) is 0.250. The smallest absolute Gasteiger partial charge is 0.257 e. The van der Waals surface area contributed by atoms with Crippen LogP contribution < -0.4 is 10.0 Å². The van der Waals surface area contributed by atoms with Crippen molar-refractivity contribution in [2.24, 2.45) is 5.92 Å². The molecule has 1 aromatic carbocycles. The molecule has 9 heteroatoms. The van der Waals surface area contributed by atoms with Crippen molar-refractivity contribution in [1.82, 2.24) is 9.71 Å². The molecule has 0 spiro atoms. The van der Waals surface area contributed by atoms with E-state index in [1.807, 2.05) is 13.8 Å². The van der Waals surface area contributed by atoms with Gasteiger partial charge in [0.05, 0.1) is 15.6 Å². The Hall–Kier alpha value is -1.67. The Bertz CT molecular complexity index is 872. The fourth-order valence-corrected chi connectivity index (χ4v) is 3.97. The van der Waals surface area contributed by atoms with Crippen LogP contribution in [0.2, 0.25) is 10.0 Å². The van der Waals surface area contributed by atoms with Crippen LogP contribution in [0.15, 0.2) is 41.6 Å². The summed E-state index contributed by atoms with van der Waals surface area (Å²) in [5.41, 5.74) is 0.515. The number of carbonyl (C=O) groups is 1. The summed E-state index contributed by atoms with van der Waals surface area (Å²) in [6.45, 7) is 4.00. The number of rotatable bonds is 6. The number of amides is 1. The van der Waals surface area contributed by atoms with Gasteiger partial charge in [0, 0.05) is 24.6 Å². The summed E-state index contributed by atoms with van der Waals surface area (Å²) in [6.07, 6.45) is 3.04. The van der Waals surface area contributed by atoms with Crippen molar-refractivity contribution in [3.05, 3.63) is 52.3 Å². The largest absolute Gasteiger partial charge is 0.322 e. The third kappa shape index (κ3) is 5.15. The minimum Gasteiger partial charge on any atom is -0.322 e. The maximum Gasteiger partial charge on any atom is 0.257 e. The van der Waals surface area contributed by atoms with Crippen LogP contribution in [0.4, 0.5) is 5.69 Å². The molecule has 25 heavy (non-hydrogen) atoms. The summed E-state index contributed by atoms with van der Waals surface area (Å²) in [4.78, 5) is 16.1. The first kappa shape index (κ1) is 19.7. The van der Waals surface area contributed by atoms with Crippen molar-refractivity contribution < 1.29 is 13.2 Å². The van der Waals surface area contributed by atoms with Gasteiger partial charge in [-0.25, -0.2) is 13.1 Å². The zero-order valence-electron chi connectivity index (χ0n) is 13.6. The maximum absolute atomic E-state index is 12.4. The third-order valence-corrected chi connectivity index (χ3v) is 5.38. The Morgan fingerprint density at radius 3 is 2.40 bits per heavy atom. The van der Waals surface area contributed by atoms with E-state index in [0.717, 1.165) is 0 Å². The fourth-order valence-electron chi connectivity index (χ4n) is 1.90. The van der Waals surface area contributed by atoms with Crippen molar-refractivity contribution >= 4 is 44.8 Å². The summed E-state index contributed by atoms with van der Waals surface area (Å²) in [5, 5.41) is 2.63. The van der Waals surface area contributed by atoms with Crippen LogP contribution >= 0.6 is 23.2 Å². The number of nitrogens with zero attached hydrogens (tertiary/aromatic N) is 1. The highest BCUT2D eigenvalue weighted by atomic mass is 35.5. The van der Waals surface area contributed by atoms with Crippen molar-refractivity contribution in [1.29, 1.82) is 0 Å². The van der Waals surface area contributed by atoms with Gasteiger partial charge in [0.1, 0.15) is 4.90 Å². The number of hydrogen-bond donors (Lipinski definition) is 2. The second-order valence-corrected chi connectivity index (χ2v) is 8.25. The Balaban J connectivity index is 2.35. The van der Waals surface area contributed by atoms with Gasteiger partial charge in [-0.1, -0.05) is 37.0 Å². The normalized spacial score (nSPS) is 11.6. The highest BCUT2D eigenvalue weighted by Crippen LogP contribution is 2.29. The van der Waals surface area contributed by atoms with E-state index in [-0.39, 0.29) is 33.0 Å². The average molecular weight is 402 g/mol. The molecule has 0 atom stereocenters. The highest BCUT2D eigenvalue weighted by Gasteiger charge is 2.22. The molecule has 0 radical (unpaired) electrons. The molecule has 0 bridgehead atoms. The lowest BCUT2D eigenvalue weighted by atomic mass is 10.2. The van der Waals surface area contributed by atoms with E-state index in [1.165, 1.54) is 24.5 Å². The molecule has 2 rings (SSSR count). The molecule has 0 saturated heterocycles. The number of aromatic nitrogens is 1. The average Bonchev–Trinajstić information content (AvgIpc) is 2.53. The van der Waals surface area contributed by atoms with E-state index in [9.17, 15) is 13.2 Å². The van der Waals surface area contributed by atoms with Gasteiger partial charge < -0.3 is 5.32 Å². The van der Waals surface area contributed by atoms with E-state index in [0.29, 0.717) is 5.69 Å². The Morgan fingerprint density at radius 1 is 1.16 bits per heavy atom. The minimum atomic E-state index is -3.86. The Morgan fingerprint density at radius 2 is 1.80 bits per heavy atom. The second kappa shape index (κ2) is 8.14. The van der Waals surface area contributed by atoms with E-state index in [2.05, 4.69) is 15.0 Å². The molecule has 0 aliphatic heterocycles. The van der Waals surface area contributed by atoms with E-state index in [1.54, 1.807) is 12.1 Å². The number of sulfonamides is 1. The number of nitrogens with one attached hydrogen (secondary N) is 2. The molecule has 0 saturated carbocycles. The van der Waals surface area contributed by atoms with Crippen molar-refractivity contribution in [3.8, 4) is 0 Å². The topological polar surface area (TPSA) is 88.2 Å². The van der Waals surface area contributed by atoms with Crippen molar-refractivity contribution in [2.75, 3.05) is 11.9 Å². The van der Waals surface area contributed by atoms with Crippen LogP contribution in [0.3, 0.4) is 0 Å². The van der Waals surface area contributed by atoms with Gasteiger partial charge in [0.15, 0.2) is 0 Å². The number of pyridine rings is 1. The molecule has 134 valence electrons. The molecule has 0 aliphatic rings. The molecular weight excluding hydrogens is 385 g/mol. The minimum absolute atomic E-state index is 0.00722. The van der Waals surface area contributed by atoms with Crippen LogP contribution in [0.5, 0.6) is 0 Å². The summed E-state index contributed by atoms with van der Waals surface area (Å²) in [5.74, 6) is -0.427.